The number of thiazole rings is 1. The zero-order valence-electron chi connectivity index (χ0n) is 18.5. The van der Waals surface area contributed by atoms with Crippen LogP contribution in [0.1, 0.15) is 27.4 Å². The van der Waals surface area contributed by atoms with E-state index in [0.29, 0.717) is 23.9 Å². The zero-order chi connectivity index (χ0) is 22.7. The van der Waals surface area contributed by atoms with Crippen LogP contribution in [0.4, 0.5) is 0 Å². The summed E-state index contributed by atoms with van der Waals surface area (Å²) in [6.45, 7) is 7.09. The summed E-state index contributed by atoms with van der Waals surface area (Å²) < 4.78 is 9.33. The lowest BCUT2D eigenvalue weighted by molar-refractivity contribution is 0.102. The first-order valence-corrected chi connectivity index (χ1v) is 12.1. The van der Waals surface area contributed by atoms with Gasteiger partial charge in [-0.1, -0.05) is 42.1 Å². The van der Waals surface area contributed by atoms with E-state index >= 15 is 0 Å². The van der Waals surface area contributed by atoms with Crippen LogP contribution in [-0.4, -0.2) is 49.6 Å². The summed E-state index contributed by atoms with van der Waals surface area (Å²) in [5, 5.41) is 12.4. The van der Waals surface area contributed by atoms with E-state index in [1.165, 1.54) is 11.8 Å². The normalized spacial score (nSPS) is 11.2. The number of methoxy groups -OCH3 is 1. The molecule has 0 saturated carbocycles. The molecule has 0 amide bonds. The Bertz CT molecular complexity index is 1230. The van der Waals surface area contributed by atoms with Gasteiger partial charge in [0.2, 0.25) is 0 Å². The summed E-state index contributed by atoms with van der Waals surface area (Å²) in [5.41, 5.74) is 4.59. The number of thioether (sulfide) groups is 1. The van der Waals surface area contributed by atoms with Gasteiger partial charge in [-0.05, 0) is 26.8 Å². The summed E-state index contributed by atoms with van der Waals surface area (Å²) in [7, 11) is 1.67. The average Bonchev–Trinajstić information content (AvgIpc) is 3.48. The number of Topliss-reactive ketones (excluding diaryl/α,β-unsaturated/α-hetero) is 1. The third-order valence-electron chi connectivity index (χ3n) is 5.13. The van der Waals surface area contributed by atoms with E-state index < -0.39 is 0 Å². The number of carbonyl (C=O) groups excluding carboxylic acids is 1. The molecule has 4 rings (SSSR count). The number of hydrogen-bond donors (Lipinski definition) is 0. The Morgan fingerprint density at radius 3 is 2.62 bits per heavy atom. The fourth-order valence-corrected chi connectivity index (χ4v) is 5.33. The van der Waals surface area contributed by atoms with Crippen molar-refractivity contribution < 1.29 is 9.53 Å². The van der Waals surface area contributed by atoms with Crippen LogP contribution in [-0.2, 0) is 11.3 Å². The molecular weight excluding hydrogens is 442 g/mol. The zero-order valence-corrected chi connectivity index (χ0v) is 20.2. The fraction of sp³-hybridized carbons (Fsp3) is 0.304. The number of ether oxygens (including phenoxy) is 1. The maximum atomic E-state index is 13.1. The molecule has 3 heterocycles. The van der Waals surface area contributed by atoms with E-state index in [1.54, 1.807) is 18.4 Å². The number of nitrogens with zero attached hydrogens (tertiary/aromatic N) is 5. The standard InChI is InChI=1S/C23H25N5O2S2/c1-15-13-31-22(24-15)28-16(2)12-19(17(28)3)20(29)14-32-23-26-25-21(27(23)10-11-30-4)18-8-6-5-7-9-18/h5-9,12-13H,10-11,14H2,1-4H3. The van der Waals surface area contributed by atoms with E-state index in [-0.39, 0.29) is 11.5 Å². The largest absolute Gasteiger partial charge is 0.383 e. The first-order chi connectivity index (χ1) is 15.5. The molecule has 0 unspecified atom stereocenters. The van der Waals surface area contributed by atoms with Crippen molar-refractivity contribution in [2.75, 3.05) is 19.5 Å². The van der Waals surface area contributed by atoms with E-state index in [9.17, 15) is 4.79 Å². The van der Waals surface area contributed by atoms with Crippen LogP contribution in [0, 0.1) is 20.8 Å². The number of rotatable bonds is 9. The molecule has 1 aromatic carbocycles. The number of benzene rings is 1. The predicted octanol–water partition coefficient (Wildman–Crippen LogP) is 4.74. The van der Waals surface area contributed by atoms with Gasteiger partial charge in [0.05, 0.1) is 24.6 Å². The van der Waals surface area contributed by atoms with Gasteiger partial charge >= 0.3 is 0 Å². The summed E-state index contributed by atoms with van der Waals surface area (Å²) in [6, 6.07) is 11.9. The van der Waals surface area contributed by atoms with Crippen molar-refractivity contribution in [2.24, 2.45) is 0 Å². The van der Waals surface area contributed by atoms with Crippen LogP contribution in [0.3, 0.4) is 0 Å². The van der Waals surface area contributed by atoms with Crippen molar-refractivity contribution in [3.05, 3.63) is 64.4 Å². The highest BCUT2D eigenvalue weighted by atomic mass is 32.2. The molecule has 0 radical (unpaired) electrons. The van der Waals surface area contributed by atoms with Gasteiger partial charge in [0.15, 0.2) is 21.9 Å². The van der Waals surface area contributed by atoms with Crippen molar-refractivity contribution in [1.82, 2.24) is 24.3 Å². The molecule has 0 aliphatic rings. The maximum absolute atomic E-state index is 13.1. The highest BCUT2D eigenvalue weighted by Crippen LogP contribution is 2.27. The summed E-state index contributed by atoms with van der Waals surface area (Å²) in [4.78, 5) is 17.7. The molecule has 0 aliphatic heterocycles. The number of carbonyl (C=O) groups is 1. The van der Waals surface area contributed by atoms with E-state index in [2.05, 4.69) is 15.2 Å². The number of aryl methyl sites for hydroxylation is 2. The lowest BCUT2D eigenvalue weighted by atomic mass is 10.2. The molecule has 9 heteroatoms. The van der Waals surface area contributed by atoms with Gasteiger partial charge < -0.3 is 4.74 Å². The second-order valence-electron chi connectivity index (χ2n) is 7.42. The van der Waals surface area contributed by atoms with Gasteiger partial charge in [-0.3, -0.25) is 13.9 Å². The molecule has 4 aromatic rings. The minimum absolute atomic E-state index is 0.0604. The highest BCUT2D eigenvalue weighted by Gasteiger charge is 2.20. The molecule has 0 N–H and O–H groups in total. The van der Waals surface area contributed by atoms with Crippen LogP contribution in [0.25, 0.3) is 16.5 Å². The maximum Gasteiger partial charge on any atom is 0.194 e. The second-order valence-corrected chi connectivity index (χ2v) is 9.20. The van der Waals surface area contributed by atoms with E-state index in [0.717, 1.165) is 33.6 Å². The minimum Gasteiger partial charge on any atom is -0.383 e. The quantitative estimate of drug-likeness (QED) is 0.261. The van der Waals surface area contributed by atoms with Gasteiger partial charge in [0.25, 0.3) is 0 Å². The van der Waals surface area contributed by atoms with Crippen LogP contribution >= 0.6 is 23.1 Å². The second kappa shape index (κ2) is 9.81. The molecule has 0 saturated heterocycles. The number of hydrogen-bond acceptors (Lipinski definition) is 7. The van der Waals surface area contributed by atoms with Crippen molar-refractivity contribution in [3.63, 3.8) is 0 Å². The molecule has 0 bridgehead atoms. The summed E-state index contributed by atoms with van der Waals surface area (Å²) in [5.74, 6) is 1.11. The lowest BCUT2D eigenvalue weighted by Crippen LogP contribution is -2.09. The van der Waals surface area contributed by atoms with Gasteiger partial charge in [-0.25, -0.2) is 4.98 Å². The smallest absolute Gasteiger partial charge is 0.194 e. The van der Waals surface area contributed by atoms with E-state index in [4.69, 9.17) is 4.74 Å². The van der Waals surface area contributed by atoms with Crippen LogP contribution in [0.5, 0.6) is 0 Å². The summed E-state index contributed by atoms with van der Waals surface area (Å²) in [6.07, 6.45) is 0. The Labute approximate surface area is 195 Å². The Kier molecular flexibility index (Phi) is 6.88. The van der Waals surface area contributed by atoms with Gasteiger partial charge in [-0.2, -0.15) is 0 Å². The Morgan fingerprint density at radius 2 is 1.94 bits per heavy atom. The van der Waals surface area contributed by atoms with Crippen molar-refractivity contribution >= 4 is 28.9 Å². The molecular formula is C23H25N5O2S2. The molecule has 0 aliphatic carbocycles. The molecule has 166 valence electrons. The molecule has 0 spiro atoms. The van der Waals surface area contributed by atoms with Crippen molar-refractivity contribution in [3.8, 4) is 16.5 Å². The first kappa shape index (κ1) is 22.4. The minimum atomic E-state index is 0.0604. The fourth-order valence-electron chi connectivity index (χ4n) is 3.57. The van der Waals surface area contributed by atoms with Gasteiger partial charge in [-0.15, -0.1) is 21.5 Å². The van der Waals surface area contributed by atoms with Crippen LogP contribution in [0.2, 0.25) is 0 Å². The Balaban J connectivity index is 1.55. The van der Waals surface area contributed by atoms with Gasteiger partial charge in [0, 0.05) is 35.0 Å². The van der Waals surface area contributed by atoms with E-state index in [1.807, 2.05) is 71.7 Å². The molecule has 7 nitrogen and oxygen atoms in total. The lowest BCUT2D eigenvalue weighted by Gasteiger charge is -2.09. The topological polar surface area (TPSA) is 74.8 Å². The number of aromatic nitrogens is 5. The highest BCUT2D eigenvalue weighted by molar-refractivity contribution is 7.99. The molecule has 0 fully saturated rings. The predicted molar refractivity (Wildman–Crippen MR) is 128 cm³/mol. The third-order valence-corrected chi connectivity index (χ3v) is 7.04. The molecule has 32 heavy (non-hydrogen) atoms. The summed E-state index contributed by atoms with van der Waals surface area (Å²) >= 11 is 2.98. The van der Waals surface area contributed by atoms with Crippen LogP contribution in [0.15, 0.2) is 46.9 Å². The third kappa shape index (κ3) is 4.55. The van der Waals surface area contributed by atoms with Crippen molar-refractivity contribution in [1.29, 1.82) is 0 Å². The Morgan fingerprint density at radius 1 is 1.16 bits per heavy atom. The van der Waals surface area contributed by atoms with Gasteiger partial charge in [0.1, 0.15) is 0 Å². The van der Waals surface area contributed by atoms with Crippen molar-refractivity contribution in [2.45, 2.75) is 32.5 Å². The van der Waals surface area contributed by atoms with Crippen LogP contribution < -0.4 is 0 Å². The monoisotopic (exact) mass is 467 g/mol. The molecule has 0 atom stereocenters. The molecule has 3 aromatic heterocycles. The number of ketones is 1. The average molecular weight is 468 g/mol. The SMILES string of the molecule is COCCn1c(SCC(=O)c2cc(C)n(-c3nc(C)cs3)c2C)nnc1-c1ccccc1. The Hall–Kier alpha value is -2.75. The first-order valence-electron chi connectivity index (χ1n) is 10.2.